The number of nitrogen functional groups attached to an aromatic ring is 1. The fourth-order valence-corrected chi connectivity index (χ4v) is 3.54. The Hall–Kier alpha value is -2.78. The highest BCUT2D eigenvalue weighted by atomic mass is 32.2. The molecule has 1 saturated heterocycles. The number of aliphatic carboxylic acids is 1. The zero-order valence-electron chi connectivity index (χ0n) is 14.8. The van der Waals surface area contributed by atoms with Gasteiger partial charge in [0, 0.05) is 5.38 Å². The van der Waals surface area contributed by atoms with Crippen molar-refractivity contribution in [2.75, 3.05) is 5.73 Å². The molecule has 0 radical (unpaired) electrons. The minimum atomic E-state index is -4.76. The van der Waals surface area contributed by atoms with Crippen molar-refractivity contribution in [3.8, 4) is 0 Å². The third-order valence-corrected chi connectivity index (χ3v) is 5.41. The van der Waals surface area contributed by atoms with E-state index in [2.05, 4.69) is 15.5 Å². The molecular formula is C13H17N5O8S2. The van der Waals surface area contributed by atoms with Crippen molar-refractivity contribution in [2.45, 2.75) is 38.5 Å². The van der Waals surface area contributed by atoms with Gasteiger partial charge in [0.25, 0.3) is 11.8 Å². The second-order valence-corrected chi connectivity index (χ2v) is 8.40. The molecule has 2 amide bonds. The SMILES string of the molecule is C[C@H]1[C@@H](NC(=O)C(=NOC(C)(C)C(=O)O)c2csc(N)n2)C(=O)N1S(=O)(=O)O. The van der Waals surface area contributed by atoms with Crippen LogP contribution >= 0.6 is 11.3 Å². The molecule has 0 aliphatic carbocycles. The van der Waals surface area contributed by atoms with Crippen LogP contribution < -0.4 is 11.1 Å². The molecule has 2 heterocycles. The van der Waals surface area contributed by atoms with E-state index < -0.39 is 51.5 Å². The minimum absolute atomic E-state index is 0.0350. The number of hydrogen-bond donors (Lipinski definition) is 4. The summed E-state index contributed by atoms with van der Waals surface area (Å²) in [4.78, 5) is 44.4. The van der Waals surface area contributed by atoms with E-state index in [1.807, 2.05) is 0 Å². The maximum atomic E-state index is 12.6. The van der Waals surface area contributed by atoms with Gasteiger partial charge in [-0.05, 0) is 20.8 Å². The van der Waals surface area contributed by atoms with Crippen molar-refractivity contribution in [3.05, 3.63) is 11.1 Å². The third-order valence-electron chi connectivity index (χ3n) is 3.73. The predicted molar refractivity (Wildman–Crippen MR) is 95.7 cm³/mol. The predicted octanol–water partition coefficient (Wildman–Crippen LogP) is -1.17. The van der Waals surface area contributed by atoms with Crippen molar-refractivity contribution in [1.29, 1.82) is 0 Å². The van der Waals surface area contributed by atoms with Crippen LogP contribution in [0.3, 0.4) is 0 Å². The van der Waals surface area contributed by atoms with Gasteiger partial charge in [0.2, 0.25) is 5.60 Å². The Morgan fingerprint density at radius 1 is 1.46 bits per heavy atom. The standard InChI is InChI=1S/C13H17N5O8S2/c1-5-7(10(20)18(5)28(23,24)25)16-9(19)8(6-4-27-12(14)15-6)17-26-13(2,3)11(21)22/h4-5,7H,1-3H3,(H2,14,15)(H,16,19)(H,21,22)(H,23,24,25)/t5-,7+/m0/s1. The maximum Gasteiger partial charge on any atom is 0.362 e. The van der Waals surface area contributed by atoms with Crippen molar-refractivity contribution >= 4 is 50.3 Å². The third kappa shape index (κ3) is 4.20. The van der Waals surface area contributed by atoms with Gasteiger partial charge in [-0.15, -0.1) is 11.3 Å². The van der Waals surface area contributed by atoms with Crippen molar-refractivity contribution in [1.82, 2.24) is 14.6 Å². The number of carboxylic acid groups (broad SMARTS) is 1. The lowest BCUT2D eigenvalue weighted by Crippen LogP contribution is -2.71. The fourth-order valence-electron chi connectivity index (χ4n) is 2.11. The van der Waals surface area contributed by atoms with Gasteiger partial charge in [-0.25, -0.2) is 14.1 Å². The molecule has 0 spiro atoms. The second kappa shape index (κ2) is 7.33. The lowest BCUT2D eigenvalue weighted by Gasteiger charge is -2.42. The van der Waals surface area contributed by atoms with Crippen LogP contribution in [0.4, 0.5) is 5.13 Å². The number of nitrogens with one attached hydrogen (secondary N) is 1. The highest BCUT2D eigenvalue weighted by molar-refractivity contribution is 7.84. The summed E-state index contributed by atoms with van der Waals surface area (Å²) in [6, 6.07) is -2.31. The van der Waals surface area contributed by atoms with E-state index in [0.29, 0.717) is 0 Å². The van der Waals surface area contributed by atoms with Crippen molar-refractivity contribution < 1.29 is 37.3 Å². The molecule has 1 aliphatic rings. The zero-order chi connectivity index (χ0) is 21.4. The number of aromatic nitrogens is 1. The molecule has 5 N–H and O–H groups in total. The number of anilines is 1. The van der Waals surface area contributed by atoms with Crippen LogP contribution in [0.2, 0.25) is 0 Å². The smallest absolute Gasteiger partial charge is 0.362 e. The Bertz CT molecular complexity index is 954. The van der Waals surface area contributed by atoms with E-state index in [-0.39, 0.29) is 15.1 Å². The van der Waals surface area contributed by atoms with E-state index in [4.69, 9.17) is 20.2 Å². The van der Waals surface area contributed by atoms with Crippen LogP contribution in [-0.2, 0) is 29.5 Å². The van der Waals surface area contributed by atoms with Crippen molar-refractivity contribution in [2.24, 2.45) is 5.16 Å². The minimum Gasteiger partial charge on any atom is -0.478 e. The summed E-state index contributed by atoms with van der Waals surface area (Å²) < 4.78 is 31.4. The molecule has 1 aromatic heterocycles. The van der Waals surface area contributed by atoms with Gasteiger partial charge in [-0.2, -0.15) is 8.42 Å². The average Bonchev–Trinajstić information content (AvgIpc) is 2.97. The number of rotatable bonds is 7. The highest BCUT2D eigenvalue weighted by Gasteiger charge is 2.51. The Balaban J connectivity index is 2.26. The molecule has 1 aliphatic heterocycles. The molecule has 15 heteroatoms. The molecule has 0 bridgehead atoms. The van der Waals surface area contributed by atoms with Crippen LogP contribution in [0.1, 0.15) is 26.5 Å². The first kappa shape index (κ1) is 21.5. The van der Waals surface area contributed by atoms with E-state index in [1.54, 1.807) is 0 Å². The quantitative estimate of drug-likeness (QED) is 0.175. The summed E-state index contributed by atoms with van der Waals surface area (Å²) in [5.41, 5.74) is 3.26. The largest absolute Gasteiger partial charge is 0.478 e. The molecule has 0 unspecified atom stereocenters. The van der Waals surface area contributed by atoms with Crippen LogP contribution in [0, 0.1) is 0 Å². The normalized spacial score (nSPS) is 20.5. The number of amides is 2. The second-order valence-electron chi connectivity index (χ2n) is 6.22. The number of carbonyl (C=O) groups excluding carboxylic acids is 2. The summed E-state index contributed by atoms with van der Waals surface area (Å²) in [6.07, 6.45) is 0. The molecule has 1 fully saturated rings. The van der Waals surface area contributed by atoms with Crippen LogP contribution in [0.5, 0.6) is 0 Å². The Labute approximate surface area is 163 Å². The molecule has 28 heavy (non-hydrogen) atoms. The number of nitrogens with zero attached hydrogens (tertiary/aromatic N) is 3. The van der Waals surface area contributed by atoms with Crippen LogP contribution in [0.25, 0.3) is 0 Å². The first-order chi connectivity index (χ1) is 12.8. The summed E-state index contributed by atoms with van der Waals surface area (Å²) in [5, 5.41) is 16.3. The Kier molecular flexibility index (Phi) is 5.63. The Morgan fingerprint density at radius 3 is 2.50 bits per heavy atom. The number of nitrogens with two attached hydrogens (primary N) is 1. The first-order valence-corrected chi connectivity index (χ1v) is 9.86. The summed E-state index contributed by atoms with van der Waals surface area (Å²) >= 11 is 0.980. The van der Waals surface area contributed by atoms with E-state index >= 15 is 0 Å². The highest BCUT2D eigenvalue weighted by Crippen LogP contribution is 2.23. The molecule has 2 rings (SSSR count). The molecule has 2 atom stereocenters. The lowest BCUT2D eigenvalue weighted by molar-refractivity contribution is -0.161. The summed E-state index contributed by atoms with van der Waals surface area (Å²) in [7, 11) is -4.76. The van der Waals surface area contributed by atoms with Gasteiger partial charge in [-0.1, -0.05) is 5.16 Å². The van der Waals surface area contributed by atoms with Gasteiger partial charge in [0.15, 0.2) is 10.8 Å². The molecule has 1 aromatic rings. The summed E-state index contributed by atoms with van der Waals surface area (Å²) in [5.74, 6) is -3.38. The number of carbonyl (C=O) groups is 3. The monoisotopic (exact) mass is 435 g/mol. The molecular weight excluding hydrogens is 418 g/mol. The zero-order valence-corrected chi connectivity index (χ0v) is 16.4. The Morgan fingerprint density at radius 2 is 2.07 bits per heavy atom. The molecule has 13 nitrogen and oxygen atoms in total. The maximum absolute atomic E-state index is 12.6. The van der Waals surface area contributed by atoms with Gasteiger partial charge < -0.3 is 21.0 Å². The molecule has 0 saturated carbocycles. The van der Waals surface area contributed by atoms with E-state index in [1.165, 1.54) is 26.2 Å². The lowest BCUT2D eigenvalue weighted by atomic mass is 10.0. The number of β-lactam (4-membered cyclic amide) rings is 1. The number of carboxylic acids is 1. The van der Waals surface area contributed by atoms with Gasteiger partial charge in [-0.3, -0.25) is 14.1 Å². The molecule has 154 valence electrons. The van der Waals surface area contributed by atoms with Gasteiger partial charge >= 0.3 is 16.3 Å². The van der Waals surface area contributed by atoms with Crippen molar-refractivity contribution in [3.63, 3.8) is 0 Å². The van der Waals surface area contributed by atoms with Crippen LogP contribution in [-0.4, -0.2) is 68.5 Å². The fraction of sp³-hybridized carbons (Fsp3) is 0.462. The number of thiazole rings is 1. The first-order valence-electron chi connectivity index (χ1n) is 7.58. The molecule has 0 aromatic carbocycles. The topological polar surface area (TPSA) is 202 Å². The van der Waals surface area contributed by atoms with E-state index in [0.717, 1.165) is 11.3 Å². The van der Waals surface area contributed by atoms with Gasteiger partial charge in [0.1, 0.15) is 11.7 Å². The average molecular weight is 435 g/mol. The number of hydrogen-bond acceptors (Lipinski definition) is 10. The number of oxime groups is 1. The summed E-state index contributed by atoms with van der Waals surface area (Å²) in [6.45, 7) is 3.69. The van der Waals surface area contributed by atoms with Gasteiger partial charge in [0.05, 0.1) is 6.04 Å². The van der Waals surface area contributed by atoms with E-state index in [9.17, 15) is 22.8 Å². The van der Waals surface area contributed by atoms with Crippen LogP contribution in [0.15, 0.2) is 10.5 Å².